The van der Waals surface area contributed by atoms with Gasteiger partial charge in [0, 0.05) is 43.6 Å². The Kier molecular flexibility index (Phi) is 12.4. The number of aromatic nitrogens is 1. The molecule has 6 heteroatoms. The molecule has 2 aromatic rings. The lowest BCUT2D eigenvalue weighted by Crippen LogP contribution is -2.30. The summed E-state index contributed by atoms with van der Waals surface area (Å²) >= 11 is 0. The monoisotopic (exact) mass is 402 g/mol. The Labute approximate surface area is 173 Å². The Balaban J connectivity index is 0.00000204. The van der Waals surface area contributed by atoms with E-state index in [2.05, 4.69) is 9.88 Å². The summed E-state index contributed by atoms with van der Waals surface area (Å²) in [7, 11) is 0. The van der Waals surface area contributed by atoms with Crippen LogP contribution in [0.3, 0.4) is 0 Å². The van der Waals surface area contributed by atoms with Crippen molar-refractivity contribution >= 4 is 17.8 Å². The average molecular weight is 403 g/mol. The number of aromatic amines is 1. The van der Waals surface area contributed by atoms with Crippen LogP contribution >= 0.6 is 0 Å². The topological polar surface area (TPSA) is 85.8 Å². The molecule has 1 aromatic heterocycles. The zero-order valence-corrected chi connectivity index (χ0v) is 17.7. The number of pyridine rings is 1. The summed E-state index contributed by atoms with van der Waals surface area (Å²) in [5, 5.41) is 18.3. The number of aliphatic hydroxyl groups is 2. The van der Waals surface area contributed by atoms with E-state index in [0.29, 0.717) is 26.3 Å². The SMILES string of the molecule is CC.CC(CO)COCCN(CCO)c1ccc(/C=C/c2ccc(=O)[nH]c2)cc1. The van der Waals surface area contributed by atoms with E-state index in [9.17, 15) is 9.90 Å². The standard InChI is InChI=1S/C21H28N2O4.C2H6/c1-17(15-25)16-27-13-11-23(10-12-24)20-7-4-18(5-8-20)2-3-19-6-9-21(26)22-14-19;1-2/h2-9,14,17,24-25H,10-13,15-16H2,1H3,(H,22,26);1-2H3/b3-2+;. The number of anilines is 1. The molecular formula is C23H34N2O4. The second kappa shape index (κ2) is 14.6. The molecule has 0 radical (unpaired) electrons. The van der Waals surface area contributed by atoms with Crippen molar-refractivity contribution in [1.29, 1.82) is 0 Å². The van der Waals surface area contributed by atoms with Gasteiger partial charge in [0.05, 0.1) is 19.8 Å². The summed E-state index contributed by atoms with van der Waals surface area (Å²) in [6.45, 7) is 8.40. The molecule has 0 amide bonds. The first-order valence-electron chi connectivity index (χ1n) is 10.1. The van der Waals surface area contributed by atoms with E-state index in [1.165, 1.54) is 6.07 Å². The molecule has 160 valence electrons. The van der Waals surface area contributed by atoms with Crippen molar-refractivity contribution in [2.45, 2.75) is 20.8 Å². The number of benzene rings is 1. The molecule has 0 saturated carbocycles. The van der Waals surface area contributed by atoms with Gasteiger partial charge in [-0.25, -0.2) is 0 Å². The van der Waals surface area contributed by atoms with E-state index in [-0.39, 0.29) is 24.7 Å². The smallest absolute Gasteiger partial charge is 0.247 e. The molecule has 1 atom stereocenters. The van der Waals surface area contributed by atoms with Crippen LogP contribution < -0.4 is 10.5 Å². The minimum Gasteiger partial charge on any atom is -0.396 e. The Bertz CT molecular complexity index is 736. The zero-order valence-electron chi connectivity index (χ0n) is 17.7. The van der Waals surface area contributed by atoms with Crippen LogP contribution in [0.15, 0.2) is 47.4 Å². The second-order valence-electron chi connectivity index (χ2n) is 6.48. The van der Waals surface area contributed by atoms with E-state index < -0.39 is 0 Å². The van der Waals surface area contributed by atoms with E-state index in [1.54, 1.807) is 12.3 Å². The molecular weight excluding hydrogens is 368 g/mol. The molecule has 3 N–H and O–H groups in total. The predicted octanol–water partition coefficient (Wildman–Crippen LogP) is 3.02. The molecule has 6 nitrogen and oxygen atoms in total. The third-order valence-corrected chi connectivity index (χ3v) is 4.12. The Morgan fingerprint density at radius 3 is 2.28 bits per heavy atom. The molecule has 0 aliphatic carbocycles. The zero-order chi connectivity index (χ0) is 21.5. The lowest BCUT2D eigenvalue weighted by molar-refractivity contribution is 0.0837. The van der Waals surface area contributed by atoms with Crippen LogP contribution in [0.25, 0.3) is 12.2 Å². The molecule has 29 heavy (non-hydrogen) atoms. The maximum atomic E-state index is 11.1. The number of hydrogen-bond donors (Lipinski definition) is 3. The first kappa shape index (κ1) is 24.6. The van der Waals surface area contributed by atoms with Crippen LogP contribution in [0.2, 0.25) is 0 Å². The minimum absolute atomic E-state index is 0.0703. The van der Waals surface area contributed by atoms with Gasteiger partial charge in [0.15, 0.2) is 0 Å². The number of hydrogen-bond acceptors (Lipinski definition) is 5. The van der Waals surface area contributed by atoms with Gasteiger partial charge in [0.2, 0.25) is 5.56 Å². The Hall–Kier alpha value is -2.41. The highest BCUT2D eigenvalue weighted by atomic mass is 16.5. The van der Waals surface area contributed by atoms with Crippen LogP contribution in [0, 0.1) is 5.92 Å². The number of rotatable bonds is 11. The molecule has 0 aliphatic heterocycles. The Morgan fingerprint density at radius 1 is 1.03 bits per heavy atom. The Morgan fingerprint density at radius 2 is 1.69 bits per heavy atom. The van der Waals surface area contributed by atoms with Gasteiger partial charge in [-0.15, -0.1) is 0 Å². The molecule has 2 rings (SSSR count). The van der Waals surface area contributed by atoms with Gasteiger partial charge in [-0.2, -0.15) is 0 Å². The molecule has 0 bridgehead atoms. The molecule has 0 aliphatic rings. The first-order chi connectivity index (χ1) is 14.1. The van der Waals surface area contributed by atoms with Gasteiger partial charge >= 0.3 is 0 Å². The largest absolute Gasteiger partial charge is 0.396 e. The van der Waals surface area contributed by atoms with Crippen molar-refractivity contribution in [3.8, 4) is 0 Å². The summed E-state index contributed by atoms with van der Waals surface area (Å²) < 4.78 is 5.58. The lowest BCUT2D eigenvalue weighted by Gasteiger charge is -2.24. The van der Waals surface area contributed by atoms with Crippen molar-refractivity contribution in [2.24, 2.45) is 5.92 Å². The molecule has 1 aromatic carbocycles. The minimum atomic E-state index is -0.115. The third-order valence-electron chi connectivity index (χ3n) is 4.12. The summed E-state index contributed by atoms with van der Waals surface area (Å²) in [6, 6.07) is 11.3. The van der Waals surface area contributed by atoms with Gasteiger partial charge < -0.3 is 24.8 Å². The normalized spacial score (nSPS) is 11.8. The predicted molar refractivity (Wildman–Crippen MR) is 120 cm³/mol. The number of nitrogens with one attached hydrogen (secondary N) is 1. The number of aliphatic hydroxyl groups excluding tert-OH is 2. The maximum Gasteiger partial charge on any atom is 0.247 e. The highest BCUT2D eigenvalue weighted by molar-refractivity contribution is 5.70. The van der Waals surface area contributed by atoms with Crippen LogP contribution in [0.4, 0.5) is 5.69 Å². The van der Waals surface area contributed by atoms with Gasteiger partial charge in [-0.1, -0.05) is 45.1 Å². The van der Waals surface area contributed by atoms with Crippen LogP contribution in [0.5, 0.6) is 0 Å². The highest BCUT2D eigenvalue weighted by Gasteiger charge is 2.07. The van der Waals surface area contributed by atoms with Crippen molar-refractivity contribution in [2.75, 3.05) is 44.4 Å². The summed E-state index contributed by atoms with van der Waals surface area (Å²) in [5.41, 5.74) is 2.87. The lowest BCUT2D eigenvalue weighted by atomic mass is 10.1. The van der Waals surface area contributed by atoms with Gasteiger partial charge in [-0.3, -0.25) is 4.79 Å². The molecule has 1 unspecified atom stereocenters. The number of H-pyrrole nitrogens is 1. The molecule has 0 spiro atoms. The molecule has 0 saturated heterocycles. The van der Waals surface area contributed by atoms with Crippen molar-refractivity contribution in [3.63, 3.8) is 0 Å². The van der Waals surface area contributed by atoms with Crippen LogP contribution in [0.1, 0.15) is 31.9 Å². The first-order valence-corrected chi connectivity index (χ1v) is 10.1. The van der Waals surface area contributed by atoms with E-state index in [0.717, 1.165) is 16.8 Å². The van der Waals surface area contributed by atoms with Crippen molar-refractivity contribution < 1.29 is 14.9 Å². The van der Waals surface area contributed by atoms with Crippen molar-refractivity contribution in [3.05, 3.63) is 64.1 Å². The van der Waals surface area contributed by atoms with E-state index in [1.807, 2.05) is 57.2 Å². The van der Waals surface area contributed by atoms with Crippen LogP contribution in [-0.4, -0.2) is 54.7 Å². The molecule has 1 heterocycles. The number of ether oxygens (including phenoxy) is 1. The quantitative estimate of drug-likeness (QED) is 0.503. The average Bonchev–Trinajstić information content (AvgIpc) is 2.77. The fraction of sp³-hybridized carbons (Fsp3) is 0.435. The second-order valence-corrected chi connectivity index (χ2v) is 6.48. The fourth-order valence-corrected chi connectivity index (χ4v) is 2.52. The van der Waals surface area contributed by atoms with E-state index >= 15 is 0 Å². The summed E-state index contributed by atoms with van der Waals surface area (Å²) in [6.07, 6.45) is 5.59. The molecule has 0 fully saturated rings. The van der Waals surface area contributed by atoms with Crippen molar-refractivity contribution in [1.82, 2.24) is 4.98 Å². The van der Waals surface area contributed by atoms with Gasteiger partial charge in [0.25, 0.3) is 0 Å². The summed E-state index contributed by atoms with van der Waals surface area (Å²) in [4.78, 5) is 15.8. The highest BCUT2D eigenvalue weighted by Crippen LogP contribution is 2.16. The van der Waals surface area contributed by atoms with Gasteiger partial charge in [0.1, 0.15) is 0 Å². The van der Waals surface area contributed by atoms with Crippen LogP contribution in [-0.2, 0) is 4.74 Å². The fourth-order valence-electron chi connectivity index (χ4n) is 2.52. The van der Waals surface area contributed by atoms with E-state index in [4.69, 9.17) is 9.84 Å². The maximum absolute atomic E-state index is 11.1. The van der Waals surface area contributed by atoms with Gasteiger partial charge in [-0.05, 0) is 29.3 Å². The third kappa shape index (κ3) is 9.56. The summed E-state index contributed by atoms with van der Waals surface area (Å²) in [5.74, 6) is 0.129. The number of nitrogens with zero attached hydrogens (tertiary/aromatic N) is 1.